The largest absolute Gasteiger partial charge is 0.326 e. The quantitative estimate of drug-likeness (QED) is 0.909. The van der Waals surface area contributed by atoms with Gasteiger partial charge in [0.1, 0.15) is 0 Å². The number of benzene rings is 1. The minimum Gasteiger partial charge on any atom is -0.326 e. The second kappa shape index (κ2) is 5.09. The second-order valence-electron chi connectivity index (χ2n) is 5.71. The molecule has 0 saturated carbocycles. The molecule has 2 N–H and O–H groups in total. The maximum absolute atomic E-state index is 6.23. The van der Waals surface area contributed by atoms with Crippen LogP contribution in [0.2, 0.25) is 0 Å². The van der Waals surface area contributed by atoms with Crippen molar-refractivity contribution in [3.63, 3.8) is 0 Å². The molecule has 1 unspecified atom stereocenters. The molecule has 0 aromatic heterocycles. The summed E-state index contributed by atoms with van der Waals surface area (Å²) in [6.45, 7) is 7.71. The van der Waals surface area contributed by atoms with Gasteiger partial charge in [0.2, 0.25) is 0 Å². The van der Waals surface area contributed by atoms with E-state index < -0.39 is 0 Å². The summed E-state index contributed by atoms with van der Waals surface area (Å²) in [7, 11) is 0. The van der Waals surface area contributed by atoms with Gasteiger partial charge in [-0.15, -0.1) is 0 Å². The van der Waals surface area contributed by atoms with Crippen LogP contribution >= 0.6 is 15.9 Å². The van der Waals surface area contributed by atoms with E-state index in [0.29, 0.717) is 0 Å². The molecule has 1 aliphatic heterocycles. The van der Waals surface area contributed by atoms with Crippen molar-refractivity contribution in [1.29, 1.82) is 0 Å². The molecule has 3 heteroatoms. The zero-order valence-electron chi connectivity index (χ0n) is 10.6. The monoisotopic (exact) mass is 296 g/mol. The Kier molecular flexibility index (Phi) is 3.91. The van der Waals surface area contributed by atoms with Crippen LogP contribution in [0.1, 0.15) is 25.8 Å². The predicted molar refractivity (Wildman–Crippen MR) is 75.8 cm³/mol. The van der Waals surface area contributed by atoms with Gasteiger partial charge in [-0.25, -0.2) is 0 Å². The molecule has 1 fully saturated rings. The van der Waals surface area contributed by atoms with Gasteiger partial charge < -0.3 is 5.73 Å². The molecular weight excluding hydrogens is 276 g/mol. The van der Waals surface area contributed by atoms with E-state index in [0.717, 1.165) is 24.1 Å². The van der Waals surface area contributed by atoms with Gasteiger partial charge in [0.25, 0.3) is 0 Å². The van der Waals surface area contributed by atoms with Crippen LogP contribution in [-0.4, -0.2) is 24.0 Å². The van der Waals surface area contributed by atoms with Crippen LogP contribution in [0.5, 0.6) is 0 Å². The lowest BCUT2D eigenvalue weighted by Crippen LogP contribution is -2.52. The molecule has 94 valence electrons. The van der Waals surface area contributed by atoms with Gasteiger partial charge >= 0.3 is 0 Å². The topological polar surface area (TPSA) is 29.3 Å². The van der Waals surface area contributed by atoms with Gasteiger partial charge in [-0.05, 0) is 36.1 Å². The second-order valence-corrected chi connectivity index (χ2v) is 6.62. The molecule has 0 radical (unpaired) electrons. The molecular formula is C14H21BrN2. The van der Waals surface area contributed by atoms with Gasteiger partial charge in [-0.3, -0.25) is 4.90 Å². The van der Waals surface area contributed by atoms with Crippen LogP contribution in [-0.2, 0) is 6.54 Å². The molecule has 1 aromatic rings. The molecule has 1 atom stereocenters. The van der Waals surface area contributed by atoms with E-state index in [4.69, 9.17) is 5.73 Å². The van der Waals surface area contributed by atoms with E-state index in [9.17, 15) is 0 Å². The Balaban J connectivity index is 1.95. The van der Waals surface area contributed by atoms with E-state index in [1.54, 1.807) is 0 Å². The summed E-state index contributed by atoms with van der Waals surface area (Å²) >= 11 is 3.46. The van der Waals surface area contributed by atoms with Crippen molar-refractivity contribution in [3.8, 4) is 0 Å². The summed E-state index contributed by atoms with van der Waals surface area (Å²) in [4.78, 5) is 2.46. The van der Waals surface area contributed by atoms with Crippen LogP contribution in [0.15, 0.2) is 28.7 Å². The van der Waals surface area contributed by atoms with Crippen LogP contribution in [0.4, 0.5) is 0 Å². The van der Waals surface area contributed by atoms with Crippen LogP contribution in [0.3, 0.4) is 0 Å². The number of nitrogens with zero attached hydrogens (tertiary/aromatic N) is 1. The average molecular weight is 297 g/mol. The fourth-order valence-electron chi connectivity index (χ4n) is 2.24. The van der Waals surface area contributed by atoms with Crippen molar-refractivity contribution in [2.24, 2.45) is 11.1 Å². The van der Waals surface area contributed by atoms with E-state index in [1.807, 2.05) is 0 Å². The van der Waals surface area contributed by atoms with Gasteiger partial charge in [-0.2, -0.15) is 0 Å². The molecule has 1 aromatic carbocycles. The summed E-state index contributed by atoms with van der Waals surface area (Å²) in [6.07, 6.45) is 1.19. The molecule has 0 aliphatic carbocycles. The number of halogens is 1. The lowest BCUT2D eigenvalue weighted by atomic mass is 9.78. The molecule has 1 heterocycles. The Bertz CT molecular complexity index is 372. The first-order valence-corrected chi connectivity index (χ1v) is 6.99. The third-order valence-corrected chi connectivity index (χ3v) is 4.38. The molecule has 2 rings (SSSR count). The number of likely N-dealkylation sites (tertiary alicyclic amines) is 1. The molecule has 0 bridgehead atoms. The number of nitrogens with two attached hydrogens (primary N) is 1. The Hall–Kier alpha value is -0.380. The number of hydrogen-bond donors (Lipinski definition) is 1. The minimum absolute atomic E-state index is 0.284. The first-order valence-electron chi connectivity index (χ1n) is 6.20. The van der Waals surface area contributed by atoms with Crippen molar-refractivity contribution >= 4 is 15.9 Å². The molecule has 0 amide bonds. The van der Waals surface area contributed by atoms with Gasteiger partial charge in [0.05, 0.1) is 0 Å². The molecule has 1 saturated heterocycles. The summed E-state index contributed by atoms with van der Waals surface area (Å²) < 4.78 is 1.14. The Morgan fingerprint density at radius 2 is 2.00 bits per heavy atom. The first kappa shape index (κ1) is 13.1. The zero-order chi connectivity index (χ0) is 12.5. The fraction of sp³-hybridized carbons (Fsp3) is 0.571. The summed E-state index contributed by atoms with van der Waals surface area (Å²) in [5.74, 6) is 0. The first-order chi connectivity index (χ1) is 7.97. The van der Waals surface area contributed by atoms with Crippen LogP contribution < -0.4 is 5.73 Å². The van der Waals surface area contributed by atoms with E-state index in [1.165, 1.54) is 12.0 Å². The maximum atomic E-state index is 6.23. The highest BCUT2D eigenvalue weighted by molar-refractivity contribution is 9.10. The standard InChI is InChI=1S/C14H21BrN2/c1-14(2)7-8-17(10-13(14)16)9-11-3-5-12(15)6-4-11/h3-6,13H,7-10,16H2,1-2H3. The summed E-state index contributed by atoms with van der Waals surface area (Å²) in [5.41, 5.74) is 7.88. The third-order valence-electron chi connectivity index (χ3n) is 3.85. The fourth-order valence-corrected chi connectivity index (χ4v) is 2.50. The Labute approximate surface area is 112 Å². The Morgan fingerprint density at radius 1 is 1.35 bits per heavy atom. The minimum atomic E-state index is 0.284. The van der Waals surface area contributed by atoms with Crippen molar-refractivity contribution in [2.75, 3.05) is 13.1 Å². The molecule has 2 nitrogen and oxygen atoms in total. The molecule has 0 spiro atoms. The highest BCUT2D eigenvalue weighted by Crippen LogP contribution is 2.29. The van der Waals surface area contributed by atoms with Gasteiger partial charge in [0.15, 0.2) is 0 Å². The number of hydrogen-bond acceptors (Lipinski definition) is 2. The Morgan fingerprint density at radius 3 is 2.59 bits per heavy atom. The predicted octanol–water partition coefficient (Wildman–Crippen LogP) is 3.01. The lowest BCUT2D eigenvalue weighted by molar-refractivity contribution is 0.101. The zero-order valence-corrected chi connectivity index (χ0v) is 12.2. The highest BCUT2D eigenvalue weighted by Gasteiger charge is 2.32. The summed E-state index contributed by atoms with van der Waals surface area (Å²) in [5, 5.41) is 0. The van der Waals surface area contributed by atoms with E-state index in [2.05, 4.69) is 58.9 Å². The maximum Gasteiger partial charge on any atom is 0.0234 e. The number of rotatable bonds is 2. The van der Waals surface area contributed by atoms with E-state index in [-0.39, 0.29) is 11.5 Å². The SMILES string of the molecule is CC1(C)CCN(Cc2ccc(Br)cc2)CC1N. The normalized spacial score (nSPS) is 24.8. The average Bonchev–Trinajstić information content (AvgIpc) is 2.27. The highest BCUT2D eigenvalue weighted by atomic mass is 79.9. The van der Waals surface area contributed by atoms with Crippen LogP contribution in [0.25, 0.3) is 0 Å². The van der Waals surface area contributed by atoms with Gasteiger partial charge in [-0.1, -0.05) is 41.9 Å². The smallest absolute Gasteiger partial charge is 0.0234 e. The van der Waals surface area contributed by atoms with Crippen molar-refractivity contribution in [3.05, 3.63) is 34.3 Å². The lowest BCUT2D eigenvalue weighted by Gasteiger charge is -2.42. The van der Waals surface area contributed by atoms with Crippen molar-refractivity contribution < 1.29 is 0 Å². The van der Waals surface area contributed by atoms with Crippen LogP contribution in [0, 0.1) is 5.41 Å². The summed E-state index contributed by atoms with van der Waals surface area (Å²) in [6, 6.07) is 8.84. The molecule has 17 heavy (non-hydrogen) atoms. The van der Waals surface area contributed by atoms with Crippen molar-refractivity contribution in [1.82, 2.24) is 4.90 Å². The third kappa shape index (κ3) is 3.30. The number of piperidine rings is 1. The van der Waals surface area contributed by atoms with E-state index >= 15 is 0 Å². The van der Waals surface area contributed by atoms with Gasteiger partial charge in [0, 0.05) is 23.6 Å². The van der Waals surface area contributed by atoms with Crippen molar-refractivity contribution in [2.45, 2.75) is 32.9 Å². The molecule has 1 aliphatic rings.